The molecule has 0 amide bonds. The average molecular weight is 242 g/mol. The van der Waals surface area contributed by atoms with Crippen molar-refractivity contribution >= 4 is 11.6 Å². The van der Waals surface area contributed by atoms with Gasteiger partial charge in [0.05, 0.1) is 12.1 Å². The van der Waals surface area contributed by atoms with Crippen LogP contribution in [0.4, 0.5) is 0 Å². The smallest absolute Gasteiger partial charge is 0.137 e. The Balaban J connectivity index is 3.09. The highest BCUT2D eigenvalue weighted by Gasteiger charge is 2.11. The Morgan fingerprint density at radius 3 is 2.56 bits per heavy atom. The van der Waals surface area contributed by atoms with Gasteiger partial charge in [-0.3, -0.25) is 0 Å². The minimum absolute atomic E-state index is 0.472. The molecule has 0 radical (unpaired) electrons. The van der Waals surface area contributed by atoms with Crippen molar-refractivity contribution in [1.82, 2.24) is 5.32 Å². The van der Waals surface area contributed by atoms with Gasteiger partial charge < -0.3 is 10.1 Å². The van der Waals surface area contributed by atoms with Crippen molar-refractivity contribution in [2.24, 2.45) is 0 Å². The molecule has 0 saturated heterocycles. The summed E-state index contributed by atoms with van der Waals surface area (Å²) in [6, 6.07) is 4.04. The van der Waals surface area contributed by atoms with Crippen molar-refractivity contribution in [2.45, 2.75) is 33.2 Å². The first-order chi connectivity index (χ1) is 7.60. The molecule has 16 heavy (non-hydrogen) atoms. The molecule has 0 fully saturated rings. The zero-order valence-electron chi connectivity index (χ0n) is 10.4. The highest BCUT2D eigenvalue weighted by atomic mass is 35.5. The lowest BCUT2D eigenvalue weighted by atomic mass is 9.96. The maximum absolute atomic E-state index is 6.13. The van der Waals surface area contributed by atoms with Crippen LogP contribution in [0.15, 0.2) is 12.1 Å². The van der Waals surface area contributed by atoms with Crippen LogP contribution in [-0.2, 0) is 6.54 Å². The van der Waals surface area contributed by atoms with Crippen LogP contribution in [0.3, 0.4) is 0 Å². The molecule has 0 unspecified atom stereocenters. The number of benzene rings is 1. The zero-order valence-corrected chi connectivity index (χ0v) is 11.2. The Morgan fingerprint density at radius 1 is 1.38 bits per heavy atom. The van der Waals surface area contributed by atoms with Gasteiger partial charge in [-0.1, -0.05) is 32.4 Å². The third-order valence-electron chi connectivity index (χ3n) is 2.60. The number of hydrogen-bond donors (Lipinski definition) is 1. The first-order valence-corrected chi connectivity index (χ1v) is 6.05. The van der Waals surface area contributed by atoms with Gasteiger partial charge in [-0.25, -0.2) is 0 Å². The molecule has 0 heterocycles. The number of ether oxygens (including phenoxy) is 1. The van der Waals surface area contributed by atoms with E-state index >= 15 is 0 Å². The predicted molar refractivity (Wildman–Crippen MR) is 69.5 cm³/mol. The molecule has 0 saturated carbocycles. The quantitative estimate of drug-likeness (QED) is 0.851. The van der Waals surface area contributed by atoms with E-state index < -0.39 is 0 Å². The van der Waals surface area contributed by atoms with Crippen molar-refractivity contribution in [3.05, 3.63) is 28.3 Å². The first-order valence-electron chi connectivity index (χ1n) is 5.67. The van der Waals surface area contributed by atoms with E-state index in [2.05, 4.69) is 26.1 Å². The molecule has 0 bridgehead atoms. The fourth-order valence-electron chi connectivity index (χ4n) is 1.72. The molecule has 0 aliphatic carbocycles. The first kappa shape index (κ1) is 13.3. The molecule has 0 aromatic heterocycles. The van der Waals surface area contributed by atoms with Crippen molar-refractivity contribution in [3.8, 4) is 5.75 Å². The van der Waals surface area contributed by atoms with Crippen molar-refractivity contribution in [1.29, 1.82) is 0 Å². The van der Waals surface area contributed by atoms with Crippen LogP contribution in [0, 0.1) is 0 Å². The molecule has 2 nitrogen and oxygen atoms in total. The molecule has 1 aromatic carbocycles. The van der Waals surface area contributed by atoms with E-state index in [9.17, 15) is 0 Å². The lowest BCUT2D eigenvalue weighted by Crippen LogP contribution is -2.14. The van der Waals surface area contributed by atoms with Crippen molar-refractivity contribution < 1.29 is 4.74 Å². The molecular formula is C13H20ClNO. The number of nitrogens with one attached hydrogen (secondary N) is 1. The van der Waals surface area contributed by atoms with Crippen LogP contribution in [0.25, 0.3) is 0 Å². The van der Waals surface area contributed by atoms with Gasteiger partial charge in [0.2, 0.25) is 0 Å². The van der Waals surface area contributed by atoms with Crippen molar-refractivity contribution in [3.63, 3.8) is 0 Å². The van der Waals surface area contributed by atoms with E-state index in [1.165, 1.54) is 11.1 Å². The Morgan fingerprint density at radius 2 is 2.06 bits per heavy atom. The molecule has 1 aromatic rings. The second-order valence-corrected chi connectivity index (χ2v) is 4.53. The Hall–Kier alpha value is -0.730. The third kappa shape index (κ3) is 3.13. The van der Waals surface area contributed by atoms with Gasteiger partial charge >= 0.3 is 0 Å². The van der Waals surface area contributed by atoms with Gasteiger partial charge in [0, 0.05) is 6.54 Å². The summed E-state index contributed by atoms with van der Waals surface area (Å²) < 4.78 is 5.24. The lowest BCUT2D eigenvalue weighted by molar-refractivity contribution is 0.414. The van der Waals surface area contributed by atoms with Gasteiger partial charge in [-0.2, -0.15) is 0 Å². The monoisotopic (exact) mass is 241 g/mol. The van der Waals surface area contributed by atoms with Crippen LogP contribution in [0.2, 0.25) is 5.02 Å². The van der Waals surface area contributed by atoms with Gasteiger partial charge in [0.25, 0.3) is 0 Å². The second kappa shape index (κ2) is 6.12. The lowest BCUT2D eigenvalue weighted by Gasteiger charge is -2.16. The summed E-state index contributed by atoms with van der Waals surface area (Å²) in [5, 5.41) is 4.01. The molecule has 0 spiro atoms. The number of methoxy groups -OCH3 is 1. The van der Waals surface area contributed by atoms with Crippen LogP contribution >= 0.6 is 11.6 Å². The van der Waals surface area contributed by atoms with Crippen LogP contribution in [0.1, 0.15) is 37.8 Å². The molecule has 1 N–H and O–H groups in total. The summed E-state index contributed by atoms with van der Waals surface area (Å²) in [6.45, 7) is 8.27. The fourth-order valence-corrected chi connectivity index (χ4v) is 1.98. The number of rotatable bonds is 5. The average Bonchev–Trinajstić information content (AvgIpc) is 2.25. The van der Waals surface area contributed by atoms with Crippen LogP contribution in [-0.4, -0.2) is 13.7 Å². The molecule has 0 atom stereocenters. The van der Waals surface area contributed by atoms with E-state index in [1.54, 1.807) is 7.11 Å². The largest absolute Gasteiger partial charge is 0.495 e. The minimum atomic E-state index is 0.472. The summed E-state index contributed by atoms with van der Waals surface area (Å²) in [6.07, 6.45) is 0. The normalized spacial score (nSPS) is 10.9. The Bertz CT molecular complexity index is 350. The van der Waals surface area contributed by atoms with Crippen LogP contribution in [0.5, 0.6) is 5.75 Å². The number of hydrogen-bond acceptors (Lipinski definition) is 2. The third-order valence-corrected chi connectivity index (χ3v) is 2.90. The van der Waals surface area contributed by atoms with Crippen LogP contribution < -0.4 is 10.1 Å². The Kier molecular flexibility index (Phi) is 5.10. The van der Waals surface area contributed by atoms with E-state index in [0.29, 0.717) is 10.9 Å². The van der Waals surface area contributed by atoms with Crippen molar-refractivity contribution in [2.75, 3.05) is 13.7 Å². The number of halogens is 1. The van der Waals surface area contributed by atoms with Gasteiger partial charge in [-0.15, -0.1) is 0 Å². The molecule has 1 rings (SSSR count). The summed E-state index contributed by atoms with van der Waals surface area (Å²) in [5.41, 5.74) is 2.55. The summed E-state index contributed by atoms with van der Waals surface area (Å²) in [5.74, 6) is 1.23. The standard InChI is InChI=1S/C13H20ClNO/c1-5-15-8-10-6-12(14)13(16-4)7-11(10)9(2)3/h6-7,9,15H,5,8H2,1-4H3. The summed E-state index contributed by atoms with van der Waals surface area (Å²) in [4.78, 5) is 0. The van der Waals surface area contributed by atoms with E-state index in [1.807, 2.05) is 12.1 Å². The highest BCUT2D eigenvalue weighted by molar-refractivity contribution is 6.32. The molecule has 0 aliphatic rings. The van der Waals surface area contributed by atoms with E-state index in [4.69, 9.17) is 16.3 Å². The Labute approximate surface area is 103 Å². The zero-order chi connectivity index (χ0) is 12.1. The molecule has 90 valence electrons. The second-order valence-electron chi connectivity index (χ2n) is 4.12. The fraction of sp³-hybridized carbons (Fsp3) is 0.538. The molecular weight excluding hydrogens is 222 g/mol. The van der Waals surface area contributed by atoms with Gasteiger partial charge in [0.1, 0.15) is 5.75 Å². The minimum Gasteiger partial charge on any atom is -0.495 e. The van der Waals surface area contributed by atoms with Gasteiger partial charge in [-0.05, 0) is 35.7 Å². The maximum Gasteiger partial charge on any atom is 0.137 e. The van der Waals surface area contributed by atoms with Gasteiger partial charge in [0.15, 0.2) is 0 Å². The predicted octanol–water partition coefficient (Wildman–Crippen LogP) is 3.58. The summed E-state index contributed by atoms with van der Waals surface area (Å²) >= 11 is 6.13. The SMILES string of the molecule is CCNCc1cc(Cl)c(OC)cc1C(C)C. The molecule has 0 aliphatic heterocycles. The topological polar surface area (TPSA) is 21.3 Å². The maximum atomic E-state index is 6.13. The summed E-state index contributed by atoms with van der Waals surface area (Å²) in [7, 11) is 1.65. The highest BCUT2D eigenvalue weighted by Crippen LogP contribution is 2.31. The molecule has 3 heteroatoms. The van der Waals surface area contributed by atoms with E-state index in [-0.39, 0.29) is 0 Å². The van der Waals surface area contributed by atoms with E-state index in [0.717, 1.165) is 18.8 Å².